The molecule has 2 aromatic carbocycles. The second-order valence-electron chi connectivity index (χ2n) is 6.35. The Morgan fingerprint density at radius 1 is 1.21 bits per heavy atom. The molecule has 1 amide bonds. The zero-order chi connectivity index (χ0) is 19.7. The van der Waals surface area contributed by atoms with Gasteiger partial charge < -0.3 is 14.8 Å². The number of rotatable bonds is 5. The van der Waals surface area contributed by atoms with Crippen LogP contribution in [0.15, 0.2) is 41.2 Å². The zero-order valence-electron chi connectivity index (χ0n) is 15.2. The Bertz CT molecular complexity index is 1130. The Balaban J connectivity index is 1.52. The van der Waals surface area contributed by atoms with Crippen LogP contribution >= 0.6 is 0 Å². The highest BCUT2D eigenvalue weighted by Gasteiger charge is 2.18. The van der Waals surface area contributed by atoms with E-state index in [-0.39, 0.29) is 17.9 Å². The molecule has 0 aliphatic carbocycles. The summed E-state index contributed by atoms with van der Waals surface area (Å²) in [5.41, 5.74) is 0.625. The van der Waals surface area contributed by atoms with Crippen molar-refractivity contribution in [3.05, 3.63) is 63.7 Å². The van der Waals surface area contributed by atoms with Gasteiger partial charge in [0.2, 0.25) is 12.2 Å². The number of carbonyl (C=O) groups excluding carboxylic acids is 1. The second kappa shape index (κ2) is 7.30. The minimum atomic E-state index is -0.584. The lowest BCUT2D eigenvalue weighted by atomic mass is 10.1. The Morgan fingerprint density at radius 2 is 2.04 bits per heavy atom. The first kappa shape index (κ1) is 18.0. The molecule has 0 fully saturated rings. The number of aryl methyl sites for hydroxylation is 1. The molecule has 0 saturated heterocycles. The van der Waals surface area contributed by atoms with Gasteiger partial charge in [0.05, 0.1) is 10.9 Å². The molecule has 0 atom stereocenters. The van der Waals surface area contributed by atoms with Crippen LogP contribution in [0.4, 0.5) is 4.39 Å². The van der Waals surface area contributed by atoms with Crippen molar-refractivity contribution in [2.45, 2.75) is 19.9 Å². The summed E-state index contributed by atoms with van der Waals surface area (Å²) in [7, 11) is 0. The molecule has 0 spiro atoms. The van der Waals surface area contributed by atoms with Crippen LogP contribution in [0.3, 0.4) is 0 Å². The topological polar surface area (TPSA) is 82.5 Å². The molecule has 1 aromatic heterocycles. The van der Waals surface area contributed by atoms with Gasteiger partial charge in [0, 0.05) is 13.1 Å². The molecule has 7 nitrogen and oxygen atoms in total. The van der Waals surface area contributed by atoms with Crippen LogP contribution in [0, 0.1) is 5.82 Å². The number of fused-ring (bicyclic) bond motifs is 2. The third-order valence-corrected chi connectivity index (χ3v) is 4.57. The standard InChI is InChI=1S/C20H18FN3O4/c1-2-24-15-5-4-13(21)10-14(15)19(25)18(23-24)20(26)22-8-7-12-3-6-16-17(9-12)28-11-27-16/h3-6,9-10H,2,7-8,11H2,1H3,(H,22,26). The van der Waals surface area contributed by atoms with Crippen LogP contribution in [-0.2, 0) is 13.0 Å². The van der Waals surface area contributed by atoms with Gasteiger partial charge in [-0.15, -0.1) is 0 Å². The summed E-state index contributed by atoms with van der Waals surface area (Å²) in [6, 6.07) is 9.45. The van der Waals surface area contributed by atoms with Gasteiger partial charge >= 0.3 is 0 Å². The fourth-order valence-corrected chi connectivity index (χ4v) is 3.15. The maximum absolute atomic E-state index is 13.6. The van der Waals surface area contributed by atoms with E-state index in [1.807, 2.05) is 25.1 Å². The summed E-state index contributed by atoms with van der Waals surface area (Å²) < 4.78 is 25.7. The monoisotopic (exact) mass is 383 g/mol. The van der Waals surface area contributed by atoms with Crippen molar-refractivity contribution < 1.29 is 18.7 Å². The average Bonchev–Trinajstić information content (AvgIpc) is 3.16. The summed E-state index contributed by atoms with van der Waals surface area (Å²) in [6.45, 7) is 2.79. The van der Waals surface area contributed by atoms with Crippen molar-refractivity contribution in [2.75, 3.05) is 13.3 Å². The second-order valence-corrected chi connectivity index (χ2v) is 6.35. The molecule has 8 heteroatoms. The van der Waals surface area contributed by atoms with Crippen LogP contribution in [0.5, 0.6) is 11.5 Å². The van der Waals surface area contributed by atoms with Crippen molar-refractivity contribution in [1.82, 2.24) is 15.1 Å². The molecule has 28 heavy (non-hydrogen) atoms. The fourth-order valence-electron chi connectivity index (χ4n) is 3.15. The van der Waals surface area contributed by atoms with Crippen LogP contribution in [0.25, 0.3) is 10.9 Å². The van der Waals surface area contributed by atoms with Gasteiger partial charge in [0.25, 0.3) is 5.91 Å². The maximum atomic E-state index is 13.6. The van der Waals surface area contributed by atoms with E-state index in [1.54, 1.807) is 0 Å². The molecule has 4 rings (SSSR count). The van der Waals surface area contributed by atoms with Crippen LogP contribution in [0.1, 0.15) is 23.0 Å². The molecule has 0 saturated carbocycles. The minimum absolute atomic E-state index is 0.137. The predicted molar refractivity (Wildman–Crippen MR) is 100 cm³/mol. The summed E-state index contributed by atoms with van der Waals surface area (Å²) in [5.74, 6) is 0.250. The van der Waals surface area contributed by atoms with E-state index in [0.717, 1.165) is 11.6 Å². The van der Waals surface area contributed by atoms with E-state index in [0.29, 0.717) is 36.5 Å². The summed E-state index contributed by atoms with van der Waals surface area (Å²) in [6.07, 6.45) is 0.548. The van der Waals surface area contributed by atoms with Crippen LogP contribution in [-0.4, -0.2) is 29.0 Å². The number of carbonyl (C=O) groups is 1. The van der Waals surface area contributed by atoms with Crippen molar-refractivity contribution in [2.24, 2.45) is 0 Å². The number of hydrogen-bond donors (Lipinski definition) is 1. The van der Waals surface area contributed by atoms with Crippen molar-refractivity contribution in [3.8, 4) is 11.5 Å². The molecule has 1 aliphatic rings. The summed E-state index contributed by atoms with van der Waals surface area (Å²) in [4.78, 5) is 25.1. The molecule has 1 aliphatic heterocycles. The number of aromatic nitrogens is 2. The molecule has 0 bridgehead atoms. The van der Waals surface area contributed by atoms with E-state index in [4.69, 9.17) is 9.47 Å². The predicted octanol–water partition coefficient (Wildman–Crippen LogP) is 2.26. The van der Waals surface area contributed by atoms with Crippen LogP contribution in [0.2, 0.25) is 0 Å². The van der Waals surface area contributed by atoms with Gasteiger partial charge in [0.15, 0.2) is 17.2 Å². The Labute approximate surface area is 159 Å². The zero-order valence-corrected chi connectivity index (χ0v) is 15.2. The van der Waals surface area contributed by atoms with E-state index in [9.17, 15) is 14.0 Å². The van der Waals surface area contributed by atoms with E-state index in [2.05, 4.69) is 10.4 Å². The number of nitrogens with one attached hydrogen (secondary N) is 1. The Kier molecular flexibility index (Phi) is 4.68. The highest BCUT2D eigenvalue weighted by molar-refractivity contribution is 5.95. The van der Waals surface area contributed by atoms with Crippen molar-refractivity contribution in [1.29, 1.82) is 0 Å². The van der Waals surface area contributed by atoms with E-state index in [1.165, 1.54) is 16.8 Å². The molecular weight excluding hydrogens is 365 g/mol. The van der Waals surface area contributed by atoms with E-state index >= 15 is 0 Å². The van der Waals surface area contributed by atoms with Gasteiger partial charge in [-0.05, 0) is 49.2 Å². The number of ether oxygens (including phenoxy) is 2. The molecule has 1 N–H and O–H groups in total. The SMILES string of the molecule is CCn1nc(C(=O)NCCc2ccc3c(c2)OCO3)c(=O)c2cc(F)ccc21. The molecule has 3 aromatic rings. The largest absolute Gasteiger partial charge is 0.454 e. The van der Waals surface area contributed by atoms with Crippen LogP contribution < -0.4 is 20.2 Å². The summed E-state index contributed by atoms with van der Waals surface area (Å²) >= 11 is 0. The first-order valence-corrected chi connectivity index (χ1v) is 8.94. The Morgan fingerprint density at radius 3 is 2.86 bits per heavy atom. The van der Waals surface area contributed by atoms with E-state index < -0.39 is 17.2 Å². The lowest BCUT2D eigenvalue weighted by Crippen LogP contribution is -2.33. The first-order chi connectivity index (χ1) is 13.6. The smallest absolute Gasteiger partial charge is 0.275 e. The molecule has 0 unspecified atom stereocenters. The molecular formula is C20H18FN3O4. The minimum Gasteiger partial charge on any atom is -0.454 e. The lowest BCUT2D eigenvalue weighted by molar-refractivity contribution is 0.0946. The van der Waals surface area contributed by atoms with Gasteiger partial charge in [0.1, 0.15) is 5.82 Å². The van der Waals surface area contributed by atoms with Gasteiger partial charge in [-0.3, -0.25) is 14.3 Å². The Hall–Kier alpha value is -3.42. The van der Waals surface area contributed by atoms with Gasteiger partial charge in [-0.1, -0.05) is 6.07 Å². The number of amides is 1. The number of nitrogens with zero attached hydrogens (tertiary/aromatic N) is 2. The number of halogens is 1. The number of benzene rings is 2. The fraction of sp³-hybridized carbons (Fsp3) is 0.250. The highest BCUT2D eigenvalue weighted by Crippen LogP contribution is 2.32. The van der Waals surface area contributed by atoms with Gasteiger partial charge in [-0.2, -0.15) is 5.10 Å². The highest BCUT2D eigenvalue weighted by atomic mass is 19.1. The maximum Gasteiger partial charge on any atom is 0.275 e. The average molecular weight is 383 g/mol. The molecule has 0 radical (unpaired) electrons. The lowest BCUT2D eigenvalue weighted by Gasteiger charge is -2.10. The van der Waals surface area contributed by atoms with Gasteiger partial charge in [-0.25, -0.2) is 4.39 Å². The number of hydrogen-bond acceptors (Lipinski definition) is 5. The first-order valence-electron chi connectivity index (χ1n) is 8.94. The molecule has 2 heterocycles. The summed E-state index contributed by atoms with van der Waals surface area (Å²) in [5, 5.41) is 7.00. The third kappa shape index (κ3) is 3.28. The molecule has 144 valence electrons. The quantitative estimate of drug-likeness (QED) is 0.731. The normalized spacial score (nSPS) is 12.4. The third-order valence-electron chi connectivity index (χ3n) is 4.57. The van der Waals surface area contributed by atoms with Crippen molar-refractivity contribution >= 4 is 16.8 Å². The van der Waals surface area contributed by atoms with Crippen molar-refractivity contribution in [3.63, 3.8) is 0 Å².